The molecule has 0 saturated carbocycles. The van der Waals surface area contributed by atoms with Crippen LogP contribution in [-0.2, 0) is 9.47 Å². The van der Waals surface area contributed by atoms with Gasteiger partial charge < -0.3 is 24.3 Å². The van der Waals surface area contributed by atoms with E-state index in [1.54, 1.807) is 6.07 Å². The third kappa shape index (κ3) is 4.88. The number of benzene rings is 1. The lowest BCUT2D eigenvalue weighted by Crippen LogP contribution is -2.23. The Bertz CT molecular complexity index is 386. The molecule has 0 fully saturated rings. The number of anilines is 1. The Balaban J connectivity index is 2.74. The molecule has 0 bridgehead atoms. The molecule has 0 aliphatic heterocycles. The lowest BCUT2D eigenvalue weighted by Gasteiger charge is -2.16. The van der Waals surface area contributed by atoms with Crippen molar-refractivity contribution in [3.63, 3.8) is 0 Å². The highest BCUT2D eigenvalue weighted by atomic mass is 19.3. The van der Waals surface area contributed by atoms with Gasteiger partial charge in [0.25, 0.3) is 0 Å². The summed E-state index contributed by atoms with van der Waals surface area (Å²) in [5, 5.41) is 2.98. The number of hydrogen-bond acceptors (Lipinski definition) is 5. The highest BCUT2D eigenvalue weighted by Gasteiger charge is 2.12. The fraction of sp³-hybridized carbons (Fsp3) is 0.500. The molecule has 0 heterocycles. The van der Waals surface area contributed by atoms with Crippen molar-refractivity contribution in [3.05, 3.63) is 18.2 Å². The average Bonchev–Trinajstić information content (AvgIpc) is 2.39. The number of methoxy groups -OCH3 is 3. The maximum atomic E-state index is 12.3. The highest BCUT2D eigenvalue weighted by Crippen LogP contribution is 2.31. The number of rotatable bonds is 8. The van der Waals surface area contributed by atoms with Crippen molar-refractivity contribution >= 4 is 5.69 Å². The third-order valence-corrected chi connectivity index (χ3v) is 2.38. The Morgan fingerprint density at radius 3 is 2.32 bits per heavy atom. The smallest absolute Gasteiger partial charge is 0.387 e. The SMILES string of the molecule is COc1ccc(NCC(OC)OC)cc1OC(F)F. The van der Waals surface area contributed by atoms with E-state index >= 15 is 0 Å². The van der Waals surface area contributed by atoms with Gasteiger partial charge >= 0.3 is 6.61 Å². The average molecular weight is 277 g/mol. The van der Waals surface area contributed by atoms with Gasteiger partial charge in [-0.25, -0.2) is 0 Å². The molecule has 1 rings (SSSR count). The van der Waals surface area contributed by atoms with Crippen LogP contribution >= 0.6 is 0 Å². The quantitative estimate of drug-likeness (QED) is 0.739. The monoisotopic (exact) mass is 277 g/mol. The molecule has 108 valence electrons. The molecule has 0 spiro atoms. The standard InChI is InChI=1S/C12H17F2NO4/c1-16-9-5-4-8(6-10(9)19-12(13)14)15-7-11(17-2)18-3/h4-6,11-12,15H,7H2,1-3H3. The summed E-state index contributed by atoms with van der Waals surface area (Å²) in [4.78, 5) is 0. The van der Waals surface area contributed by atoms with Gasteiger partial charge in [0.1, 0.15) is 0 Å². The lowest BCUT2D eigenvalue weighted by molar-refractivity contribution is -0.0914. The largest absolute Gasteiger partial charge is 0.493 e. The molecular formula is C12H17F2NO4. The zero-order valence-corrected chi connectivity index (χ0v) is 11.0. The van der Waals surface area contributed by atoms with Crippen LogP contribution in [0.4, 0.5) is 14.5 Å². The molecule has 1 aromatic rings. The van der Waals surface area contributed by atoms with E-state index in [1.807, 2.05) is 0 Å². The van der Waals surface area contributed by atoms with Crippen LogP contribution < -0.4 is 14.8 Å². The molecule has 0 aliphatic rings. The molecule has 0 radical (unpaired) electrons. The molecule has 0 aliphatic carbocycles. The van der Waals surface area contributed by atoms with Crippen LogP contribution in [-0.4, -0.2) is 40.8 Å². The maximum Gasteiger partial charge on any atom is 0.387 e. The van der Waals surface area contributed by atoms with Gasteiger partial charge in [-0.3, -0.25) is 0 Å². The lowest BCUT2D eigenvalue weighted by atomic mass is 10.2. The summed E-state index contributed by atoms with van der Waals surface area (Å²) < 4.78 is 43.8. The summed E-state index contributed by atoms with van der Waals surface area (Å²) in [6.45, 7) is -2.54. The van der Waals surface area contributed by atoms with E-state index in [4.69, 9.17) is 14.2 Å². The van der Waals surface area contributed by atoms with Gasteiger partial charge in [-0.05, 0) is 12.1 Å². The fourth-order valence-electron chi connectivity index (χ4n) is 1.44. The van der Waals surface area contributed by atoms with E-state index in [0.29, 0.717) is 12.2 Å². The van der Waals surface area contributed by atoms with E-state index < -0.39 is 12.9 Å². The van der Waals surface area contributed by atoms with Gasteiger partial charge in [0, 0.05) is 26.0 Å². The van der Waals surface area contributed by atoms with Gasteiger partial charge in [0.2, 0.25) is 0 Å². The molecule has 0 unspecified atom stereocenters. The first-order valence-corrected chi connectivity index (χ1v) is 5.53. The minimum absolute atomic E-state index is 0.0334. The van der Waals surface area contributed by atoms with Crippen LogP contribution in [0.1, 0.15) is 0 Å². The Morgan fingerprint density at radius 1 is 1.11 bits per heavy atom. The number of alkyl halides is 2. The molecule has 1 aromatic carbocycles. The molecule has 0 amide bonds. The predicted octanol–water partition coefficient (Wildman–Crippen LogP) is 2.33. The summed E-state index contributed by atoms with van der Waals surface area (Å²) in [5.74, 6) is 0.203. The first-order chi connectivity index (χ1) is 9.10. The van der Waals surface area contributed by atoms with Crippen LogP contribution in [0.3, 0.4) is 0 Å². The van der Waals surface area contributed by atoms with Gasteiger partial charge in [0.15, 0.2) is 17.8 Å². The van der Waals surface area contributed by atoms with Crippen molar-refractivity contribution in [2.75, 3.05) is 33.2 Å². The topological polar surface area (TPSA) is 49.0 Å². The molecule has 0 aromatic heterocycles. The van der Waals surface area contributed by atoms with Gasteiger partial charge in [-0.1, -0.05) is 0 Å². The van der Waals surface area contributed by atoms with Gasteiger partial charge in [-0.2, -0.15) is 8.78 Å². The van der Waals surface area contributed by atoms with Crippen LogP contribution in [0, 0.1) is 0 Å². The molecular weight excluding hydrogens is 260 g/mol. The van der Waals surface area contributed by atoms with Gasteiger partial charge in [0.05, 0.1) is 13.7 Å². The van der Waals surface area contributed by atoms with Crippen LogP contribution in [0.25, 0.3) is 0 Å². The first-order valence-electron chi connectivity index (χ1n) is 5.53. The Hall–Kier alpha value is -1.60. The summed E-state index contributed by atoms with van der Waals surface area (Å²) in [7, 11) is 4.40. The summed E-state index contributed by atoms with van der Waals surface area (Å²) in [5.41, 5.74) is 0.593. The maximum absolute atomic E-state index is 12.3. The minimum atomic E-state index is -2.91. The zero-order valence-electron chi connectivity index (χ0n) is 11.0. The van der Waals surface area contributed by atoms with E-state index in [2.05, 4.69) is 10.1 Å². The Labute approximate surface area is 110 Å². The molecule has 5 nitrogen and oxygen atoms in total. The van der Waals surface area contributed by atoms with Crippen LogP contribution in [0.2, 0.25) is 0 Å². The highest BCUT2D eigenvalue weighted by molar-refractivity contribution is 5.54. The van der Waals surface area contributed by atoms with Gasteiger partial charge in [-0.15, -0.1) is 0 Å². The molecule has 19 heavy (non-hydrogen) atoms. The first kappa shape index (κ1) is 15.5. The second kappa shape index (κ2) is 7.75. The van der Waals surface area contributed by atoms with E-state index in [-0.39, 0.29) is 11.5 Å². The van der Waals surface area contributed by atoms with E-state index in [0.717, 1.165) is 0 Å². The zero-order chi connectivity index (χ0) is 14.3. The number of halogens is 2. The number of ether oxygens (including phenoxy) is 4. The van der Waals surface area contributed by atoms with Crippen molar-refractivity contribution in [3.8, 4) is 11.5 Å². The van der Waals surface area contributed by atoms with Crippen molar-refractivity contribution in [1.82, 2.24) is 0 Å². The van der Waals surface area contributed by atoms with Crippen LogP contribution in [0.15, 0.2) is 18.2 Å². The van der Waals surface area contributed by atoms with E-state index in [9.17, 15) is 8.78 Å². The normalized spacial score (nSPS) is 10.9. The summed E-state index contributed by atoms with van der Waals surface area (Å²) >= 11 is 0. The summed E-state index contributed by atoms with van der Waals surface area (Å²) in [6, 6.07) is 4.64. The van der Waals surface area contributed by atoms with Crippen LogP contribution in [0.5, 0.6) is 11.5 Å². The van der Waals surface area contributed by atoms with E-state index in [1.165, 1.54) is 33.5 Å². The molecule has 1 N–H and O–H groups in total. The predicted molar refractivity (Wildman–Crippen MR) is 65.9 cm³/mol. The Morgan fingerprint density at radius 2 is 1.79 bits per heavy atom. The molecule has 0 atom stereocenters. The van der Waals surface area contributed by atoms with Crippen molar-refractivity contribution in [1.29, 1.82) is 0 Å². The fourth-order valence-corrected chi connectivity index (χ4v) is 1.44. The Kier molecular flexibility index (Phi) is 6.31. The second-order valence-electron chi connectivity index (χ2n) is 3.53. The second-order valence-corrected chi connectivity index (χ2v) is 3.53. The number of nitrogens with one attached hydrogen (secondary N) is 1. The van der Waals surface area contributed by atoms with Crippen molar-refractivity contribution < 1.29 is 27.7 Å². The van der Waals surface area contributed by atoms with Crippen molar-refractivity contribution in [2.24, 2.45) is 0 Å². The third-order valence-electron chi connectivity index (χ3n) is 2.38. The number of hydrogen-bond donors (Lipinski definition) is 1. The van der Waals surface area contributed by atoms with Crippen molar-refractivity contribution in [2.45, 2.75) is 12.9 Å². The molecule has 7 heteroatoms. The summed E-state index contributed by atoms with van der Waals surface area (Å²) in [6.07, 6.45) is -0.429. The molecule has 0 saturated heterocycles. The minimum Gasteiger partial charge on any atom is -0.493 e.